The lowest BCUT2D eigenvalue weighted by Crippen LogP contribution is -2.01. The Morgan fingerprint density at radius 3 is 2.11 bits per heavy atom. The molecule has 0 radical (unpaired) electrons. The van der Waals surface area contributed by atoms with Gasteiger partial charge >= 0.3 is 0 Å². The highest BCUT2D eigenvalue weighted by atomic mass is 16.5. The van der Waals surface area contributed by atoms with Gasteiger partial charge in [-0.3, -0.25) is 0 Å². The number of ether oxygens (including phenoxy) is 3. The summed E-state index contributed by atoms with van der Waals surface area (Å²) in [5.41, 5.74) is 0.742. The second-order valence-electron chi connectivity index (χ2n) is 3.84. The molecular weight excluding hydrogens is 232 g/mol. The van der Waals surface area contributed by atoms with Crippen LogP contribution in [-0.2, 0) is 0 Å². The van der Waals surface area contributed by atoms with Crippen LogP contribution in [0.15, 0.2) is 24.8 Å². The van der Waals surface area contributed by atoms with E-state index in [1.54, 1.807) is 39.5 Å². The van der Waals surface area contributed by atoms with E-state index in [0.717, 1.165) is 12.0 Å². The van der Waals surface area contributed by atoms with E-state index in [1.165, 1.54) is 0 Å². The van der Waals surface area contributed by atoms with Gasteiger partial charge in [-0.25, -0.2) is 0 Å². The van der Waals surface area contributed by atoms with Crippen molar-refractivity contribution in [3.8, 4) is 17.2 Å². The van der Waals surface area contributed by atoms with Crippen molar-refractivity contribution in [2.24, 2.45) is 0 Å². The smallest absolute Gasteiger partial charge is 0.203 e. The number of methoxy groups -OCH3 is 3. The van der Waals surface area contributed by atoms with E-state index in [9.17, 15) is 5.11 Å². The van der Waals surface area contributed by atoms with Crippen molar-refractivity contribution in [3.63, 3.8) is 0 Å². The summed E-state index contributed by atoms with van der Waals surface area (Å²) in [6, 6.07) is 3.52. The Labute approximate surface area is 108 Å². The van der Waals surface area contributed by atoms with E-state index < -0.39 is 6.10 Å². The minimum absolute atomic E-state index is 0.527. The van der Waals surface area contributed by atoms with Crippen LogP contribution in [0.5, 0.6) is 17.2 Å². The van der Waals surface area contributed by atoms with Gasteiger partial charge in [0.15, 0.2) is 11.5 Å². The topological polar surface area (TPSA) is 47.9 Å². The molecule has 0 aliphatic carbocycles. The largest absolute Gasteiger partial charge is 0.493 e. The molecule has 0 spiro atoms. The molecule has 0 amide bonds. The maximum absolute atomic E-state index is 10.1. The van der Waals surface area contributed by atoms with Crippen molar-refractivity contribution in [1.82, 2.24) is 0 Å². The van der Waals surface area contributed by atoms with E-state index >= 15 is 0 Å². The summed E-state index contributed by atoms with van der Waals surface area (Å²) in [6.45, 7) is 3.64. The quantitative estimate of drug-likeness (QED) is 0.758. The Bertz CT molecular complexity index is 376. The third-order valence-electron chi connectivity index (χ3n) is 2.72. The molecule has 0 bridgehead atoms. The first-order valence-electron chi connectivity index (χ1n) is 5.76. The highest BCUT2D eigenvalue weighted by Gasteiger charge is 2.16. The molecule has 1 unspecified atom stereocenters. The molecule has 1 rings (SSSR count). The first kappa shape index (κ1) is 14.4. The van der Waals surface area contributed by atoms with Crippen molar-refractivity contribution in [2.75, 3.05) is 21.3 Å². The van der Waals surface area contributed by atoms with Crippen LogP contribution in [0.4, 0.5) is 0 Å². The van der Waals surface area contributed by atoms with E-state index in [2.05, 4.69) is 6.58 Å². The number of aliphatic hydroxyl groups is 1. The first-order chi connectivity index (χ1) is 8.67. The summed E-state index contributed by atoms with van der Waals surface area (Å²) >= 11 is 0. The number of hydrogen-bond donors (Lipinski definition) is 1. The van der Waals surface area contributed by atoms with Crippen LogP contribution in [0, 0.1) is 0 Å². The number of benzene rings is 1. The zero-order chi connectivity index (χ0) is 13.5. The van der Waals surface area contributed by atoms with Gasteiger partial charge in [-0.05, 0) is 30.5 Å². The molecule has 0 fully saturated rings. The fourth-order valence-electron chi connectivity index (χ4n) is 1.74. The molecule has 4 heteroatoms. The molecule has 1 atom stereocenters. The molecule has 4 nitrogen and oxygen atoms in total. The van der Waals surface area contributed by atoms with Gasteiger partial charge in [0.1, 0.15) is 0 Å². The zero-order valence-electron chi connectivity index (χ0n) is 11.1. The van der Waals surface area contributed by atoms with Gasteiger partial charge in [0.2, 0.25) is 5.75 Å². The van der Waals surface area contributed by atoms with Crippen molar-refractivity contribution in [2.45, 2.75) is 18.9 Å². The monoisotopic (exact) mass is 252 g/mol. The molecule has 0 aromatic heterocycles. The summed E-state index contributed by atoms with van der Waals surface area (Å²) in [6.07, 6.45) is 2.57. The van der Waals surface area contributed by atoms with Gasteiger partial charge in [-0.2, -0.15) is 0 Å². The lowest BCUT2D eigenvalue weighted by molar-refractivity contribution is 0.167. The fraction of sp³-hybridized carbons (Fsp3) is 0.429. The average molecular weight is 252 g/mol. The summed E-state index contributed by atoms with van der Waals surface area (Å²) in [5.74, 6) is 1.62. The second kappa shape index (κ2) is 6.91. The molecular formula is C14H20O4. The Morgan fingerprint density at radius 2 is 1.72 bits per heavy atom. The normalized spacial score (nSPS) is 11.8. The van der Waals surface area contributed by atoms with Gasteiger partial charge in [0.25, 0.3) is 0 Å². The molecule has 1 N–H and O–H groups in total. The van der Waals surface area contributed by atoms with Crippen molar-refractivity contribution in [3.05, 3.63) is 30.4 Å². The van der Waals surface area contributed by atoms with Gasteiger partial charge in [-0.15, -0.1) is 6.58 Å². The fourth-order valence-corrected chi connectivity index (χ4v) is 1.74. The molecule has 0 heterocycles. The molecule has 0 saturated heterocycles. The average Bonchev–Trinajstić information content (AvgIpc) is 2.42. The van der Waals surface area contributed by atoms with Gasteiger partial charge < -0.3 is 19.3 Å². The predicted molar refractivity (Wildman–Crippen MR) is 70.5 cm³/mol. The Kier molecular flexibility index (Phi) is 5.52. The van der Waals surface area contributed by atoms with Crippen LogP contribution in [0.2, 0.25) is 0 Å². The molecule has 1 aromatic carbocycles. The second-order valence-corrected chi connectivity index (χ2v) is 3.84. The lowest BCUT2D eigenvalue weighted by Gasteiger charge is -2.16. The van der Waals surface area contributed by atoms with Gasteiger partial charge in [0, 0.05) is 0 Å². The Balaban J connectivity index is 3.10. The Morgan fingerprint density at radius 1 is 1.17 bits per heavy atom. The standard InChI is InChI=1S/C14H20O4/c1-5-6-7-11(15)10-8-12(16-2)14(18-4)13(9-10)17-3/h5,8-9,11,15H,1,6-7H2,2-4H3. The molecule has 18 heavy (non-hydrogen) atoms. The minimum atomic E-state index is -0.572. The van der Waals surface area contributed by atoms with Gasteiger partial charge in [0.05, 0.1) is 27.4 Å². The van der Waals surface area contributed by atoms with Crippen LogP contribution in [0.25, 0.3) is 0 Å². The van der Waals surface area contributed by atoms with E-state index in [1.807, 2.05) is 0 Å². The first-order valence-corrected chi connectivity index (χ1v) is 5.76. The van der Waals surface area contributed by atoms with Crippen molar-refractivity contribution < 1.29 is 19.3 Å². The summed E-state index contributed by atoms with van der Waals surface area (Å²) in [5, 5.41) is 10.1. The van der Waals surface area contributed by atoms with Gasteiger partial charge in [-0.1, -0.05) is 6.08 Å². The summed E-state index contributed by atoms with van der Waals surface area (Å²) < 4.78 is 15.7. The number of hydrogen-bond acceptors (Lipinski definition) is 4. The molecule has 0 saturated carbocycles. The van der Waals surface area contributed by atoms with Crippen molar-refractivity contribution in [1.29, 1.82) is 0 Å². The third kappa shape index (κ3) is 3.17. The van der Waals surface area contributed by atoms with Crippen LogP contribution in [0.3, 0.4) is 0 Å². The van der Waals surface area contributed by atoms with Crippen LogP contribution in [-0.4, -0.2) is 26.4 Å². The highest BCUT2D eigenvalue weighted by Crippen LogP contribution is 2.40. The SMILES string of the molecule is C=CCCC(O)c1cc(OC)c(OC)c(OC)c1. The maximum Gasteiger partial charge on any atom is 0.203 e. The predicted octanol–water partition coefficient (Wildman–Crippen LogP) is 2.71. The molecule has 100 valence electrons. The highest BCUT2D eigenvalue weighted by molar-refractivity contribution is 5.54. The maximum atomic E-state index is 10.1. The van der Waals surface area contributed by atoms with Crippen LogP contribution >= 0.6 is 0 Å². The summed E-state index contributed by atoms with van der Waals surface area (Å²) in [4.78, 5) is 0. The van der Waals surface area contributed by atoms with E-state index in [-0.39, 0.29) is 0 Å². The summed E-state index contributed by atoms with van der Waals surface area (Å²) in [7, 11) is 4.66. The number of rotatable bonds is 7. The van der Waals surface area contributed by atoms with Crippen LogP contribution in [0.1, 0.15) is 24.5 Å². The van der Waals surface area contributed by atoms with E-state index in [4.69, 9.17) is 14.2 Å². The Hall–Kier alpha value is -1.68. The number of allylic oxidation sites excluding steroid dienone is 1. The van der Waals surface area contributed by atoms with E-state index in [0.29, 0.717) is 23.7 Å². The molecule has 1 aromatic rings. The third-order valence-corrected chi connectivity index (χ3v) is 2.72. The van der Waals surface area contributed by atoms with Crippen molar-refractivity contribution >= 4 is 0 Å². The zero-order valence-corrected chi connectivity index (χ0v) is 11.1. The minimum Gasteiger partial charge on any atom is -0.493 e. The van der Waals surface area contributed by atoms with Crippen LogP contribution < -0.4 is 14.2 Å². The molecule has 0 aliphatic heterocycles. The molecule has 0 aliphatic rings. The number of aliphatic hydroxyl groups excluding tert-OH is 1. The lowest BCUT2D eigenvalue weighted by atomic mass is 10.0.